The van der Waals surface area contributed by atoms with Crippen LogP contribution >= 0.6 is 27.7 Å². The minimum absolute atomic E-state index is 0.751. The molecule has 21 heavy (non-hydrogen) atoms. The van der Waals surface area contributed by atoms with Gasteiger partial charge in [-0.2, -0.15) is 0 Å². The predicted molar refractivity (Wildman–Crippen MR) is 94.0 cm³/mol. The van der Waals surface area contributed by atoms with Crippen LogP contribution in [0.25, 0.3) is 0 Å². The van der Waals surface area contributed by atoms with E-state index in [1.54, 1.807) is 0 Å². The summed E-state index contributed by atoms with van der Waals surface area (Å²) in [4.78, 5) is 2.61. The molecular weight excluding hydrogens is 342 g/mol. The van der Waals surface area contributed by atoms with Gasteiger partial charge in [0.1, 0.15) is 0 Å². The first-order chi connectivity index (χ1) is 10.1. The monoisotopic (exact) mass is 361 g/mol. The molecule has 0 unspecified atom stereocenters. The molecule has 2 aromatic carbocycles. The second-order valence-corrected chi connectivity index (χ2v) is 7.75. The largest absolute Gasteiger partial charge is 0.310 e. The van der Waals surface area contributed by atoms with Gasteiger partial charge in [-0.15, -0.1) is 0 Å². The second kappa shape index (κ2) is 6.55. The molecule has 1 fully saturated rings. The molecular formula is C18H20BrNS. The molecule has 1 nitrogen and oxygen atoms in total. The van der Waals surface area contributed by atoms with Gasteiger partial charge in [0.05, 0.1) is 0 Å². The molecule has 0 heterocycles. The summed E-state index contributed by atoms with van der Waals surface area (Å²) in [6, 6.07) is 14.1. The van der Waals surface area contributed by atoms with E-state index in [2.05, 4.69) is 71.5 Å². The van der Waals surface area contributed by atoms with Gasteiger partial charge in [-0.3, -0.25) is 0 Å². The first kappa shape index (κ1) is 15.1. The summed E-state index contributed by atoms with van der Waals surface area (Å²) in [6.07, 6.45) is 2.66. The number of rotatable bonds is 5. The molecule has 1 aliphatic carbocycles. The van der Waals surface area contributed by atoms with Crippen molar-refractivity contribution in [3.63, 3.8) is 0 Å². The maximum atomic E-state index is 3.71. The molecule has 3 rings (SSSR count). The molecule has 0 amide bonds. The lowest BCUT2D eigenvalue weighted by atomic mass is 10.2. The highest BCUT2D eigenvalue weighted by molar-refractivity contribution is 9.10. The fourth-order valence-electron chi connectivity index (χ4n) is 2.32. The average molecular weight is 362 g/mol. The van der Waals surface area contributed by atoms with Gasteiger partial charge in [-0.1, -0.05) is 51.5 Å². The van der Waals surface area contributed by atoms with Crippen LogP contribution in [0, 0.1) is 13.8 Å². The third kappa shape index (κ3) is 4.12. The first-order valence-corrected chi connectivity index (χ1v) is 9.00. The fraction of sp³-hybridized carbons (Fsp3) is 0.333. The van der Waals surface area contributed by atoms with Crippen LogP contribution < -0.4 is 5.32 Å². The van der Waals surface area contributed by atoms with E-state index in [1.807, 2.05) is 11.8 Å². The van der Waals surface area contributed by atoms with Crippen molar-refractivity contribution >= 4 is 27.7 Å². The minimum Gasteiger partial charge on any atom is -0.310 e. The van der Waals surface area contributed by atoms with Gasteiger partial charge >= 0.3 is 0 Å². The van der Waals surface area contributed by atoms with Gasteiger partial charge in [-0.05, 0) is 56.0 Å². The molecule has 1 N–H and O–H groups in total. The number of hydrogen-bond acceptors (Lipinski definition) is 2. The highest BCUT2D eigenvalue weighted by Gasteiger charge is 2.20. The number of nitrogens with one attached hydrogen (secondary N) is 1. The highest BCUT2D eigenvalue weighted by Crippen LogP contribution is 2.33. The standard InChI is InChI=1S/C18H20BrNS/c1-12-3-8-18(13(2)9-12)21-16-7-4-14(17(19)10-16)11-20-15-5-6-15/h3-4,7-10,15,20H,5-6,11H2,1-2H3. The van der Waals surface area contributed by atoms with Crippen LogP contribution in [-0.4, -0.2) is 6.04 Å². The van der Waals surface area contributed by atoms with Crippen molar-refractivity contribution in [2.45, 2.75) is 49.1 Å². The smallest absolute Gasteiger partial charge is 0.0231 e. The molecule has 0 saturated heterocycles. The Labute approximate surface area is 139 Å². The molecule has 1 saturated carbocycles. The van der Waals surface area contributed by atoms with Gasteiger partial charge in [-0.25, -0.2) is 0 Å². The first-order valence-electron chi connectivity index (χ1n) is 7.39. The summed E-state index contributed by atoms with van der Waals surface area (Å²) in [5.41, 5.74) is 4.00. The summed E-state index contributed by atoms with van der Waals surface area (Å²) in [6.45, 7) is 5.28. The average Bonchev–Trinajstić information content (AvgIpc) is 3.25. The van der Waals surface area contributed by atoms with E-state index in [-0.39, 0.29) is 0 Å². The summed E-state index contributed by atoms with van der Waals surface area (Å²) < 4.78 is 1.20. The van der Waals surface area contributed by atoms with E-state index < -0.39 is 0 Å². The molecule has 1 aliphatic rings. The van der Waals surface area contributed by atoms with E-state index in [1.165, 1.54) is 43.8 Å². The van der Waals surface area contributed by atoms with Gasteiger partial charge in [0.25, 0.3) is 0 Å². The summed E-state index contributed by atoms with van der Waals surface area (Å²) in [5, 5.41) is 3.56. The maximum Gasteiger partial charge on any atom is 0.0231 e. The number of halogens is 1. The zero-order chi connectivity index (χ0) is 14.8. The molecule has 0 bridgehead atoms. The van der Waals surface area contributed by atoms with Gasteiger partial charge in [0, 0.05) is 26.9 Å². The van der Waals surface area contributed by atoms with Crippen molar-refractivity contribution in [2.75, 3.05) is 0 Å². The van der Waals surface area contributed by atoms with Crippen LogP contribution in [0.3, 0.4) is 0 Å². The Kier molecular flexibility index (Phi) is 4.72. The Morgan fingerprint density at radius 3 is 2.62 bits per heavy atom. The van der Waals surface area contributed by atoms with Crippen LogP contribution in [0.5, 0.6) is 0 Å². The number of aryl methyl sites for hydroxylation is 2. The summed E-state index contributed by atoms with van der Waals surface area (Å²) >= 11 is 5.54. The van der Waals surface area contributed by atoms with E-state index in [0.717, 1.165) is 12.6 Å². The lowest BCUT2D eigenvalue weighted by molar-refractivity contribution is 0.685. The third-order valence-electron chi connectivity index (χ3n) is 3.74. The van der Waals surface area contributed by atoms with Gasteiger partial charge < -0.3 is 5.32 Å². The van der Waals surface area contributed by atoms with Crippen molar-refractivity contribution in [2.24, 2.45) is 0 Å². The van der Waals surface area contributed by atoms with Crippen molar-refractivity contribution < 1.29 is 0 Å². The molecule has 0 atom stereocenters. The number of hydrogen-bond donors (Lipinski definition) is 1. The Hall–Kier alpha value is -0.770. The van der Waals surface area contributed by atoms with E-state index >= 15 is 0 Å². The van der Waals surface area contributed by atoms with Crippen molar-refractivity contribution in [1.29, 1.82) is 0 Å². The van der Waals surface area contributed by atoms with E-state index in [0.29, 0.717) is 0 Å². The summed E-state index contributed by atoms with van der Waals surface area (Å²) in [5.74, 6) is 0. The molecule has 110 valence electrons. The Morgan fingerprint density at radius 2 is 1.95 bits per heavy atom. The second-order valence-electron chi connectivity index (χ2n) is 5.78. The van der Waals surface area contributed by atoms with Crippen LogP contribution in [0.1, 0.15) is 29.5 Å². The van der Waals surface area contributed by atoms with E-state index in [9.17, 15) is 0 Å². The number of benzene rings is 2. The molecule has 0 aromatic heterocycles. The Bertz CT molecular complexity index is 650. The Morgan fingerprint density at radius 1 is 1.14 bits per heavy atom. The molecule has 0 spiro atoms. The summed E-state index contributed by atoms with van der Waals surface area (Å²) in [7, 11) is 0. The maximum absolute atomic E-state index is 3.71. The quantitative estimate of drug-likeness (QED) is 0.757. The highest BCUT2D eigenvalue weighted by atomic mass is 79.9. The lowest BCUT2D eigenvalue weighted by Gasteiger charge is -2.10. The van der Waals surface area contributed by atoms with E-state index in [4.69, 9.17) is 0 Å². The van der Waals surface area contributed by atoms with Crippen molar-refractivity contribution in [3.8, 4) is 0 Å². The van der Waals surface area contributed by atoms with Gasteiger partial charge in [0.2, 0.25) is 0 Å². The molecule has 0 radical (unpaired) electrons. The topological polar surface area (TPSA) is 12.0 Å². The molecule has 3 heteroatoms. The van der Waals surface area contributed by atoms with Crippen LogP contribution in [-0.2, 0) is 6.54 Å². The SMILES string of the molecule is Cc1ccc(Sc2ccc(CNC3CC3)c(Br)c2)c(C)c1. The van der Waals surface area contributed by atoms with Crippen molar-refractivity contribution in [3.05, 3.63) is 57.6 Å². The third-order valence-corrected chi connectivity index (χ3v) is 5.65. The Balaban J connectivity index is 1.71. The van der Waals surface area contributed by atoms with Crippen LogP contribution in [0.4, 0.5) is 0 Å². The van der Waals surface area contributed by atoms with Crippen LogP contribution in [0.2, 0.25) is 0 Å². The predicted octanol–water partition coefficient (Wildman–Crippen LogP) is 5.47. The van der Waals surface area contributed by atoms with Crippen LogP contribution in [0.15, 0.2) is 50.7 Å². The minimum atomic E-state index is 0.751. The molecule has 2 aromatic rings. The fourth-order valence-corrected chi connectivity index (χ4v) is 3.91. The van der Waals surface area contributed by atoms with Gasteiger partial charge in [0.15, 0.2) is 0 Å². The molecule has 0 aliphatic heterocycles. The zero-order valence-electron chi connectivity index (χ0n) is 12.4. The van der Waals surface area contributed by atoms with Crippen molar-refractivity contribution in [1.82, 2.24) is 5.32 Å². The normalized spacial score (nSPS) is 14.4. The zero-order valence-corrected chi connectivity index (χ0v) is 14.9. The lowest BCUT2D eigenvalue weighted by Crippen LogP contribution is -2.15.